The van der Waals surface area contributed by atoms with Crippen LogP contribution < -0.4 is 10.1 Å². The lowest BCUT2D eigenvalue weighted by Gasteiger charge is -2.01. The zero-order valence-corrected chi connectivity index (χ0v) is 14.1. The molecule has 0 atom stereocenters. The molecule has 0 bridgehead atoms. The number of thiazole rings is 1. The number of benzene rings is 1. The average Bonchev–Trinajstić information content (AvgIpc) is 3.29. The van der Waals surface area contributed by atoms with E-state index in [0.717, 1.165) is 35.7 Å². The molecule has 0 radical (unpaired) electrons. The van der Waals surface area contributed by atoms with E-state index in [4.69, 9.17) is 4.74 Å². The zero-order valence-electron chi connectivity index (χ0n) is 13.3. The highest BCUT2D eigenvalue weighted by Crippen LogP contribution is 2.31. The monoisotopic (exact) mass is 349 g/mol. The molecule has 124 valence electrons. The Bertz CT molecular complexity index is 935. The van der Waals surface area contributed by atoms with Crippen LogP contribution in [-0.4, -0.2) is 22.5 Å². The Labute approximate surface area is 149 Å². The minimum atomic E-state index is -0.228. The van der Waals surface area contributed by atoms with Gasteiger partial charge in [0.15, 0.2) is 5.13 Å². The predicted octanol–water partition coefficient (Wildman–Crippen LogP) is 3.79. The molecule has 0 spiro atoms. The van der Waals surface area contributed by atoms with Crippen LogP contribution in [-0.2, 0) is 11.2 Å². The van der Waals surface area contributed by atoms with Gasteiger partial charge in [-0.05, 0) is 42.0 Å². The molecule has 25 heavy (non-hydrogen) atoms. The van der Waals surface area contributed by atoms with E-state index in [9.17, 15) is 4.79 Å². The number of carbonyl (C=O) groups excluding carboxylic acids is 1. The van der Waals surface area contributed by atoms with Crippen molar-refractivity contribution in [3.8, 4) is 17.0 Å². The molecule has 1 aromatic carbocycles. The third kappa shape index (κ3) is 3.59. The van der Waals surface area contributed by atoms with Crippen LogP contribution in [0.3, 0.4) is 0 Å². The van der Waals surface area contributed by atoms with Crippen molar-refractivity contribution in [1.29, 1.82) is 0 Å². The topological polar surface area (TPSA) is 64.1 Å². The molecule has 0 fully saturated rings. The molecule has 5 nitrogen and oxygen atoms in total. The second-order valence-corrected chi connectivity index (χ2v) is 6.39. The number of ether oxygens (including phenoxy) is 1. The summed E-state index contributed by atoms with van der Waals surface area (Å²) in [4.78, 5) is 20.6. The summed E-state index contributed by atoms with van der Waals surface area (Å²) in [5.74, 6) is 0.723. The van der Waals surface area contributed by atoms with Gasteiger partial charge in [-0.2, -0.15) is 0 Å². The molecule has 4 rings (SSSR count). The van der Waals surface area contributed by atoms with Gasteiger partial charge < -0.3 is 4.74 Å². The van der Waals surface area contributed by atoms with E-state index in [-0.39, 0.29) is 5.91 Å². The van der Waals surface area contributed by atoms with E-state index in [1.54, 1.807) is 12.3 Å². The number of anilines is 1. The molecule has 0 saturated heterocycles. The predicted molar refractivity (Wildman–Crippen MR) is 98.6 cm³/mol. The maximum Gasteiger partial charge on any atom is 0.250 e. The molecule has 3 aromatic rings. The second-order valence-electron chi connectivity index (χ2n) is 5.54. The van der Waals surface area contributed by atoms with Crippen LogP contribution in [0.2, 0.25) is 0 Å². The quantitative estimate of drug-likeness (QED) is 0.728. The lowest BCUT2D eigenvalue weighted by molar-refractivity contribution is -0.111. The molecular formula is C19H15N3O2S. The van der Waals surface area contributed by atoms with Gasteiger partial charge in [0.05, 0.1) is 18.0 Å². The van der Waals surface area contributed by atoms with Gasteiger partial charge in [-0.25, -0.2) is 4.98 Å². The number of fused-ring (bicyclic) bond motifs is 1. The van der Waals surface area contributed by atoms with Crippen LogP contribution in [0.25, 0.3) is 17.3 Å². The number of pyridine rings is 1. The van der Waals surface area contributed by atoms with Crippen molar-refractivity contribution in [3.63, 3.8) is 0 Å². The minimum Gasteiger partial charge on any atom is -0.493 e. The van der Waals surface area contributed by atoms with E-state index < -0.39 is 0 Å². The summed E-state index contributed by atoms with van der Waals surface area (Å²) in [5.41, 5.74) is 3.82. The van der Waals surface area contributed by atoms with Crippen molar-refractivity contribution in [2.45, 2.75) is 6.42 Å². The summed E-state index contributed by atoms with van der Waals surface area (Å²) in [6, 6.07) is 11.6. The molecule has 1 amide bonds. The van der Waals surface area contributed by atoms with Crippen LogP contribution in [0.5, 0.6) is 5.75 Å². The van der Waals surface area contributed by atoms with Gasteiger partial charge in [0.1, 0.15) is 5.75 Å². The highest BCUT2D eigenvalue weighted by molar-refractivity contribution is 7.14. The molecule has 2 aromatic heterocycles. The van der Waals surface area contributed by atoms with Crippen LogP contribution in [0.1, 0.15) is 11.3 Å². The maximum atomic E-state index is 12.0. The summed E-state index contributed by atoms with van der Waals surface area (Å²) < 4.78 is 5.52. The molecule has 1 aliphatic rings. The van der Waals surface area contributed by atoms with Gasteiger partial charge in [0.25, 0.3) is 0 Å². The Kier molecular flexibility index (Phi) is 4.26. The van der Waals surface area contributed by atoms with Crippen molar-refractivity contribution in [1.82, 2.24) is 9.97 Å². The number of rotatable bonds is 4. The van der Waals surface area contributed by atoms with Crippen molar-refractivity contribution in [2.75, 3.05) is 11.9 Å². The van der Waals surface area contributed by atoms with E-state index in [1.165, 1.54) is 23.0 Å². The number of hydrogen-bond acceptors (Lipinski definition) is 5. The van der Waals surface area contributed by atoms with E-state index in [0.29, 0.717) is 5.13 Å². The SMILES string of the molecule is O=C(/C=C/c1ccccn1)Nc1nc(-c2ccc3c(c2)CCO3)cs1. The summed E-state index contributed by atoms with van der Waals surface area (Å²) in [7, 11) is 0. The van der Waals surface area contributed by atoms with Crippen LogP contribution in [0.15, 0.2) is 54.1 Å². The molecule has 0 saturated carbocycles. The zero-order chi connectivity index (χ0) is 17.1. The number of carbonyl (C=O) groups is 1. The largest absolute Gasteiger partial charge is 0.493 e. The first kappa shape index (κ1) is 15.5. The smallest absolute Gasteiger partial charge is 0.250 e. The van der Waals surface area contributed by atoms with Crippen LogP contribution in [0, 0.1) is 0 Å². The fourth-order valence-electron chi connectivity index (χ4n) is 2.59. The molecule has 1 aliphatic heterocycles. The van der Waals surface area contributed by atoms with Gasteiger partial charge in [0, 0.05) is 29.6 Å². The first-order valence-corrected chi connectivity index (χ1v) is 8.78. The Morgan fingerprint density at radius 1 is 1.28 bits per heavy atom. The molecular weight excluding hydrogens is 334 g/mol. The third-order valence-electron chi connectivity index (χ3n) is 3.81. The van der Waals surface area contributed by atoms with Gasteiger partial charge in [0.2, 0.25) is 5.91 Å². The Morgan fingerprint density at radius 2 is 2.24 bits per heavy atom. The molecule has 3 heterocycles. The Morgan fingerprint density at radius 3 is 3.12 bits per heavy atom. The summed E-state index contributed by atoms with van der Waals surface area (Å²) >= 11 is 1.40. The fourth-order valence-corrected chi connectivity index (χ4v) is 3.31. The van der Waals surface area contributed by atoms with E-state index >= 15 is 0 Å². The Balaban J connectivity index is 1.44. The third-order valence-corrected chi connectivity index (χ3v) is 4.57. The van der Waals surface area contributed by atoms with Gasteiger partial charge in [-0.15, -0.1) is 11.3 Å². The summed E-state index contributed by atoms with van der Waals surface area (Å²) in [5, 5.41) is 5.30. The van der Waals surface area contributed by atoms with Crippen molar-refractivity contribution < 1.29 is 9.53 Å². The van der Waals surface area contributed by atoms with Crippen molar-refractivity contribution in [3.05, 3.63) is 65.3 Å². The van der Waals surface area contributed by atoms with Crippen molar-refractivity contribution >= 4 is 28.5 Å². The minimum absolute atomic E-state index is 0.228. The van der Waals surface area contributed by atoms with Crippen LogP contribution in [0.4, 0.5) is 5.13 Å². The lowest BCUT2D eigenvalue weighted by atomic mass is 10.1. The molecule has 6 heteroatoms. The number of hydrogen-bond donors (Lipinski definition) is 1. The standard InChI is InChI=1S/C19H15N3O2S/c23-18(7-5-15-3-1-2-9-20-15)22-19-21-16(12-25-19)13-4-6-17-14(11-13)8-10-24-17/h1-7,9,11-12H,8,10H2,(H,21,22,23)/b7-5+. The first-order chi connectivity index (χ1) is 12.3. The van der Waals surface area contributed by atoms with Gasteiger partial charge in [-0.1, -0.05) is 6.07 Å². The van der Waals surface area contributed by atoms with E-state index in [1.807, 2.05) is 35.7 Å². The summed E-state index contributed by atoms with van der Waals surface area (Å²) in [6.45, 7) is 0.736. The number of aromatic nitrogens is 2. The Hall–Kier alpha value is -2.99. The van der Waals surface area contributed by atoms with Gasteiger partial charge >= 0.3 is 0 Å². The molecule has 1 N–H and O–H groups in total. The normalized spacial score (nSPS) is 12.8. The average molecular weight is 349 g/mol. The number of amides is 1. The molecule has 0 unspecified atom stereocenters. The first-order valence-electron chi connectivity index (χ1n) is 7.90. The lowest BCUT2D eigenvalue weighted by Crippen LogP contribution is -2.07. The van der Waals surface area contributed by atoms with Gasteiger partial charge in [-0.3, -0.25) is 15.1 Å². The summed E-state index contributed by atoms with van der Waals surface area (Å²) in [6.07, 6.45) is 5.74. The van der Waals surface area contributed by atoms with E-state index in [2.05, 4.69) is 21.4 Å². The maximum absolute atomic E-state index is 12.0. The second kappa shape index (κ2) is 6.86. The fraction of sp³-hybridized carbons (Fsp3) is 0.105. The number of nitrogens with one attached hydrogen (secondary N) is 1. The highest BCUT2D eigenvalue weighted by Gasteiger charge is 2.14. The molecule has 0 aliphatic carbocycles. The van der Waals surface area contributed by atoms with Crippen molar-refractivity contribution in [2.24, 2.45) is 0 Å². The number of nitrogens with zero attached hydrogens (tertiary/aromatic N) is 2. The highest BCUT2D eigenvalue weighted by atomic mass is 32.1. The van der Waals surface area contributed by atoms with Crippen LogP contribution >= 0.6 is 11.3 Å².